The SMILES string of the molecule is O=C1NC2(c3ccccc3)NC(=O)NC2(c2ccccc2)N1. The van der Waals surface area contributed by atoms with E-state index in [1.54, 1.807) is 0 Å². The maximum Gasteiger partial charge on any atom is 0.319 e. The molecule has 0 radical (unpaired) electrons. The fourth-order valence-corrected chi connectivity index (χ4v) is 3.28. The van der Waals surface area contributed by atoms with Crippen molar-refractivity contribution in [3.05, 3.63) is 71.8 Å². The van der Waals surface area contributed by atoms with Gasteiger partial charge in [0.1, 0.15) is 0 Å². The lowest BCUT2D eigenvalue weighted by Crippen LogP contribution is -2.60. The third-order valence-corrected chi connectivity index (χ3v) is 4.18. The second-order valence-corrected chi connectivity index (χ2v) is 5.39. The first kappa shape index (κ1) is 12.7. The minimum Gasteiger partial charge on any atom is -0.307 e. The smallest absolute Gasteiger partial charge is 0.307 e. The van der Waals surface area contributed by atoms with Crippen LogP contribution in [0.5, 0.6) is 0 Å². The molecule has 0 aromatic heterocycles. The number of hydrogen-bond acceptors (Lipinski definition) is 2. The van der Waals surface area contributed by atoms with Crippen molar-refractivity contribution in [2.45, 2.75) is 11.3 Å². The third kappa shape index (κ3) is 1.49. The van der Waals surface area contributed by atoms with E-state index in [2.05, 4.69) is 21.3 Å². The monoisotopic (exact) mass is 294 g/mol. The molecule has 4 rings (SSSR count). The van der Waals surface area contributed by atoms with Crippen molar-refractivity contribution in [1.29, 1.82) is 0 Å². The Balaban J connectivity index is 1.98. The lowest BCUT2D eigenvalue weighted by Gasteiger charge is -2.37. The molecular weight excluding hydrogens is 280 g/mol. The summed E-state index contributed by atoms with van der Waals surface area (Å²) >= 11 is 0. The predicted molar refractivity (Wildman–Crippen MR) is 79.6 cm³/mol. The number of amides is 4. The Labute approximate surface area is 126 Å². The number of carbonyl (C=O) groups excluding carboxylic acids is 2. The first-order valence-corrected chi connectivity index (χ1v) is 6.98. The van der Waals surface area contributed by atoms with E-state index < -0.39 is 11.3 Å². The van der Waals surface area contributed by atoms with Gasteiger partial charge in [-0.2, -0.15) is 0 Å². The standard InChI is InChI=1S/C16H14N4O2/c21-13-17-15(11-7-3-1-4-8-11)16(19-13,20-14(22)18-15)12-9-5-2-6-10-12/h1-10H,(H2,17,19,21)(H2,18,20,22). The third-order valence-electron chi connectivity index (χ3n) is 4.18. The molecule has 110 valence electrons. The zero-order valence-electron chi connectivity index (χ0n) is 11.6. The average Bonchev–Trinajstić information content (AvgIpc) is 2.97. The van der Waals surface area contributed by atoms with Crippen LogP contribution >= 0.6 is 0 Å². The van der Waals surface area contributed by atoms with Crippen LogP contribution < -0.4 is 21.3 Å². The van der Waals surface area contributed by atoms with Crippen LogP contribution in [0, 0.1) is 0 Å². The Bertz CT molecular complexity index is 664. The van der Waals surface area contributed by atoms with Crippen LogP contribution in [0.3, 0.4) is 0 Å². The van der Waals surface area contributed by atoms with Gasteiger partial charge in [-0.05, 0) is 0 Å². The van der Waals surface area contributed by atoms with Gasteiger partial charge in [-0.15, -0.1) is 0 Å². The molecule has 0 aliphatic carbocycles. The van der Waals surface area contributed by atoms with Crippen LogP contribution in [-0.4, -0.2) is 12.1 Å². The molecule has 2 saturated heterocycles. The van der Waals surface area contributed by atoms with Crippen LogP contribution in [0.1, 0.15) is 11.1 Å². The summed E-state index contributed by atoms with van der Waals surface area (Å²) in [6.07, 6.45) is 0. The highest BCUT2D eigenvalue weighted by molar-refractivity contribution is 5.89. The number of hydrogen-bond donors (Lipinski definition) is 4. The van der Waals surface area contributed by atoms with Crippen LogP contribution in [0.15, 0.2) is 60.7 Å². The Morgan fingerprint density at radius 2 is 0.864 bits per heavy atom. The van der Waals surface area contributed by atoms with Gasteiger partial charge in [0.25, 0.3) is 0 Å². The molecule has 0 spiro atoms. The van der Waals surface area contributed by atoms with E-state index >= 15 is 0 Å². The molecule has 4 N–H and O–H groups in total. The highest BCUT2D eigenvalue weighted by atomic mass is 16.2. The van der Waals surface area contributed by atoms with Gasteiger partial charge < -0.3 is 21.3 Å². The minimum absolute atomic E-state index is 0.347. The average molecular weight is 294 g/mol. The maximum atomic E-state index is 12.1. The summed E-state index contributed by atoms with van der Waals surface area (Å²) in [4.78, 5) is 24.2. The van der Waals surface area contributed by atoms with Crippen molar-refractivity contribution in [3.8, 4) is 0 Å². The van der Waals surface area contributed by atoms with Gasteiger partial charge in [0.05, 0.1) is 0 Å². The van der Waals surface area contributed by atoms with Crippen molar-refractivity contribution in [3.63, 3.8) is 0 Å². The summed E-state index contributed by atoms with van der Waals surface area (Å²) in [5.41, 5.74) is -0.584. The van der Waals surface area contributed by atoms with Crippen molar-refractivity contribution in [2.24, 2.45) is 0 Å². The molecule has 0 bridgehead atoms. The first-order valence-electron chi connectivity index (χ1n) is 6.98. The van der Waals surface area contributed by atoms with Crippen LogP contribution in [0.4, 0.5) is 9.59 Å². The second kappa shape index (κ2) is 4.24. The van der Waals surface area contributed by atoms with Gasteiger partial charge in [-0.1, -0.05) is 60.7 Å². The minimum atomic E-state index is -1.08. The zero-order chi connectivity index (χ0) is 15.2. The molecule has 2 aromatic rings. The van der Waals surface area contributed by atoms with Crippen molar-refractivity contribution in [2.75, 3.05) is 0 Å². The Morgan fingerprint density at radius 1 is 0.545 bits per heavy atom. The number of benzene rings is 2. The Morgan fingerprint density at radius 3 is 1.18 bits per heavy atom. The van der Waals surface area contributed by atoms with E-state index in [4.69, 9.17) is 0 Å². The van der Waals surface area contributed by atoms with Gasteiger partial charge in [0.15, 0.2) is 11.3 Å². The van der Waals surface area contributed by atoms with Crippen molar-refractivity contribution >= 4 is 12.1 Å². The summed E-state index contributed by atoms with van der Waals surface area (Å²) in [5, 5.41) is 11.5. The summed E-state index contributed by atoms with van der Waals surface area (Å²) in [7, 11) is 0. The molecule has 4 amide bonds. The fourth-order valence-electron chi connectivity index (χ4n) is 3.28. The predicted octanol–water partition coefficient (Wildman–Crippen LogP) is 1.32. The number of nitrogens with one attached hydrogen (secondary N) is 4. The van der Waals surface area contributed by atoms with E-state index in [1.807, 2.05) is 60.7 Å². The molecule has 0 atom stereocenters. The van der Waals surface area contributed by atoms with Gasteiger partial charge in [0.2, 0.25) is 0 Å². The fraction of sp³-hybridized carbons (Fsp3) is 0.125. The topological polar surface area (TPSA) is 82.3 Å². The van der Waals surface area contributed by atoms with E-state index in [0.29, 0.717) is 0 Å². The molecule has 2 aromatic carbocycles. The first-order chi connectivity index (χ1) is 10.7. The van der Waals surface area contributed by atoms with E-state index in [9.17, 15) is 9.59 Å². The van der Waals surface area contributed by atoms with E-state index in [-0.39, 0.29) is 12.1 Å². The number of rotatable bonds is 2. The van der Waals surface area contributed by atoms with Crippen molar-refractivity contribution in [1.82, 2.24) is 21.3 Å². The van der Waals surface area contributed by atoms with Gasteiger partial charge in [0, 0.05) is 11.1 Å². The van der Waals surface area contributed by atoms with Gasteiger partial charge in [-0.3, -0.25) is 0 Å². The Hall–Kier alpha value is -3.02. The van der Waals surface area contributed by atoms with E-state index in [1.165, 1.54) is 0 Å². The zero-order valence-corrected chi connectivity index (χ0v) is 11.6. The molecule has 0 unspecified atom stereocenters. The molecule has 6 heteroatoms. The molecule has 2 fully saturated rings. The second-order valence-electron chi connectivity index (χ2n) is 5.39. The van der Waals surface area contributed by atoms with Crippen LogP contribution in [0.2, 0.25) is 0 Å². The number of carbonyl (C=O) groups is 2. The highest BCUT2D eigenvalue weighted by Gasteiger charge is 2.66. The normalized spacial score (nSPS) is 29.1. The highest BCUT2D eigenvalue weighted by Crippen LogP contribution is 2.42. The lowest BCUT2D eigenvalue weighted by molar-refractivity contribution is 0.208. The van der Waals surface area contributed by atoms with Gasteiger partial charge >= 0.3 is 12.1 Å². The quantitative estimate of drug-likeness (QED) is 0.673. The van der Waals surface area contributed by atoms with Crippen LogP contribution in [-0.2, 0) is 11.3 Å². The number of fused-ring (bicyclic) bond motifs is 1. The molecule has 2 aliphatic rings. The molecule has 2 aliphatic heterocycles. The van der Waals surface area contributed by atoms with Crippen LogP contribution in [0.25, 0.3) is 0 Å². The molecule has 22 heavy (non-hydrogen) atoms. The largest absolute Gasteiger partial charge is 0.319 e. The van der Waals surface area contributed by atoms with Gasteiger partial charge in [-0.25, -0.2) is 9.59 Å². The summed E-state index contributed by atoms with van der Waals surface area (Å²) in [5.74, 6) is 0. The van der Waals surface area contributed by atoms with E-state index in [0.717, 1.165) is 11.1 Å². The molecule has 0 saturated carbocycles. The lowest BCUT2D eigenvalue weighted by atomic mass is 9.83. The number of urea groups is 2. The Kier molecular flexibility index (Phi) is 2.45. The molecule has 2 heterocycles. The summed E-state index contributed by atoms with van der Waals surface area (Å²) in [6, 6.07) is 18.1. The summed E-state index contributed by atoms with van der Waals surface area (Å²) < 4.78 is 0. The summed E-state index contributed by atoms with van der Waals surface area (Å²) in [6.45, 7) is 0. The molecule has 6 nitrogen and oxygen atoms in total. The maximum absolute atomic E-state index is 12.1. The van der Waals surface area contributed by atoms with Crippen molar-refractivity contribution < 1.29 is 9.59 Å². The molecular formula is C16H14N4O2.